The van der Waals surface area contributed by atoms with Crippen LogP contribution < -0.4 is 0 Å². The van der Waals surface area contributed by atoms with Crippen molar-refractivity contribution in [1.29, 1.82) is 0 Å². The maximum absolute atomic E-state index is 12.8. The molecule has 0 bridgehead atoms. The fourth-order valence-electron chi connectivity index (χ4n) is 4.36. The first kappa shape index (κ1) is 20.3. The quantitative estimate of drug-likeness (QED) is 0.742. The number of aryl methyl sites for hydroxylation is 1. The Kier molecular flexibility index (Phi) is 5.93. The normalized spacial score (nSPS) is 26.0. The maximum atomic E-state index is 12.8. The number of hydrogen-bond donors (Lipinski definition) is 0. The minimum atomic E-state index is -3.28. The lowest BCUT2D eigenvalue weighted by Crippen LogP contribution is -2.40. The molecular weight excluding hydrogens is 364 g/mol. The molecule has 2 saturated heterocycles. The van der Waals surface area contributed by atoms with Gasteiger partial charge in [-0.05, 0) is 44.7 Å². The summed E-state index contributed by atoms with van der Waals surface area (Å²) >= 11 is 0. The van der Waals surface area contributed by atoms with E-state index in [-0.39, 0.29) is 30.4 Å². The van der Waals surface area contributed by atoms with Crippen LogP contribution in [0.2, 0.25) is 0 Å². The van der Waals surface area contributed by atoms with E-state index in [0.29, 0.717) is 26.2 Å². The van der Waals surface area contributed by atoms with Crippen LogP contribution in [-0.4, -0.2) is 61.6 Å². The molecule has 27 heavy (non-hydrogen) atoms. The van der Waals surface area contributed by atoms with Crippen LogP contribution in [0.15, 0.2) is 24.3 Å². The fraction of sp³-hybridized carbons (Fsp3) is 0.650. The van der Waals surface area contributed by atoms with Gasteiger partial charge in [0.25, 0.3) is 0 Å². The summed E-state index contributed by atoms with van der Waals surface area (Å²) in [6.07, 6.45) is 0. The third-order valence-electron chi connectivity index (χ3n) is 5.84. The molecule has 1 aromatic rings. The van der Waals surface area contributed by atoms with E-state index in [1.54, 1.807) is 18.2 Å². The van der Waals surface area contributed by atoms with Crippen LogP contribution in [0.25, 0.3) is 0 Å². The third-order valence-corrected chi connectivity index (χ3v) is 8.05. The molecule has 1 amide bonds. The van der Waals surface area contributed by atoms with Crippen LogP contribution in [0.1, 0.15) is 37.9 Å². The smallest absolute Gasteiger partial charge is 0.249 e. The van der Waals surface area contributed by atoms with Gasteiger partial charge < -0.3 is 9.64 Å². The molecule has 0 aliphatic carbocycles. The van der Waals surface area contributed by atoms with Gasteiger partial charge in [0.2, 0.25) is 15.9 Å². The molecule has 150 valence electrons. The Bertz CT molecular complexity index is 793. The third kappa shape index (κ3) is 3.77. The largest absolute Gasteiger partial charge is 0.372 e. The second-order valence-electron chi connectivity index (χ2n) is 7.82. The van der Waals surface area contributed by atoms with Crippen molar-refractivity contribution in [3.05, 3.63) is 35.4 Å². The zero-order valence-electron chi connectivity index (χ0n) is 16.6. The van der Waals surface area contributed by atoms with Gasteiger partial charge in [-0.15, -0.1) is 0 Å². The van der Waals surface area contributed by atoms with Gasteiger partial charge in [-0.25, -0.2) is 12.7 Å². The average molecular weight is 395 g/mol. The number of amides is 1. The summed E-state index contributed by atoms with van der Waals surface area (Å²) in [4.78, 5) is 14.7. The van der Waals surface area contributed by atoms with Gasteiger partial charge in [-0.1, -0.05) is 24.3 Å². The van der Waals surface area contributed by atoms with Crippen LogP contribution in [0.5, 0.6) is 0 Å². The van der Waals surface area contributed by atoms with E-state index in [0.717, 1.165) is 11.1 Å². The van der Waals surface area contributed by atoms with E-state index in [1.807, 2.05) is 36.9 Å². The first-order chi connectivity index (χ1) is 12.8. The number of ether oxygens (including phenoxy) is 1. The lowest BCUT2D eigenvalue weighted by Gasteiger charge is -2.31. The highest BCUT2D eigenvalue weighted by atomic mass is 32.2. The van der Waals surface area contributed by atoms with Crippen molar-refractivity contribution in [3.8, 4) is 0 Å². The van der Waals surface area contributed by atoms with Gasteiger partial charge in [-0.2, -0.15) is 0 Å². The zero-order chi connectivity index (χ0) is 19.8. The number of likely N-dealkylation sites (tertiary alicyclic amines) is 1. The fourth-order valence-corrected chi connectivity index (χ4v) is 5.73. The predicted octanol–water partition coefficient (Wildman–Crippen LogP) is 2.20. The van der Waals surface area contributed by atoms with Gasteiger partial charge in [0, 0.05) is 32.2 Å². The number of fused-ring (bicyclic) bond motifs is 1. The first-order valence-electron chi connectivity index (χ1n) is 9.69. The van der Waals surface area contributed by atoms with Crippen molar-refractivity contribution in [3.63, 3.8) is 0 Å². The van der Waals surface area contributed by atoms with Crippen molar-refractivity contribution in [1.82, 2.24) is 9.21 Å². The van der Waals surface area contributed by atoms with E-state index in [2.05, 4.69) is 6.07 Å². The van der Waals surface area contributed by atoms with Crippen molar-refractivity contribution in [2.24, 2.45) is 11.8 Å². The molecule has 0 spiro atoms. The molecule has 1 aromatic carbocycles. The van der Waals surface area contributed by atoms with Gasteiger partial charge in [-0.3, -0.25) is 4.79 Å². The first-order valence-corrected chi connectivity index (χ1v) is 11.2. The van der Waals surface area contributed by atoms with Crippen LogP contribution in [-0.2, 0) is 19.6 Å². The second kappa shape index (κ2) is 7.89. The number of benzene rings is 1. The van der Waals surface area contributed by atoms with Gasteiger partial charge in [0.05, 0.1) is 11.3 Å². The molecule has 0 N–H and O–H groups in total. The van der Waals surface area contributed by atoms with E-state index in [9.17, 15) is 13.2 Å². The molecule has 3 rings (SSSR count). The Morgan fingerprint density at radius 3 is 2.56 bits per heavy atom. The summed E-state index contributed by atoms with van der Waals surface area (Å²) in [5.74, 6) is 0.261. The summed E-state index contributed by atoms with van der Waals surface area (Å²) in [7, 11) is -3.28. The molecule has 2 fully saturated rings. The highest BCUT2D eigenvalue weighted by molar-refractivity contribution is 7.89. The summed E-state index contributed by atoms with van der Waals surface area (Å²) < 4.78 is 32.3. The number of nitrogens with zero attached hydrogens (tertiary/aromatic N) is 2. The molecule has 2 aliphatic rings. The second-order valence-corrected chi connectivity index (χ2v) is 10.3. The Hall–Kier alpha value is -1.44. The number of hydrogen-bond acceptors (Lipinski definition) is 4. The molecule has 0 aromatic heterocycles. The molecular formula is C20H30N2O4S. The van der Waals surface area contributed by atoms with E-state index < -0.39 is 15.3 Å². The molecule has 2 heterocycles. The van der Waals surface area contributed by atoms with Crippen molar-refractivity contribution in [2.75, 3.05) is 32.8 Å². The summed E-state index contributed by atoms with van der Waals surface area (Å²) in [6.45, 7) is 9.49. The number of rotatable bonds is 6. The van der Waals surface area contributed by atoms with Crippen LogP contribution in [0.3, 0.4) is 0 Å². The molecule has 3 atom stereocenters. The lowest BCUT2D eigenvalue weighted by atomic mass is 9.87. The van der Waals surface area contributed by atoms with E-state index in [4.69, 9.17) is 4.74 Å². The maximum Gasteiger partial charge on any atom is 0.249 e. The Morgan fingerprint density at radius 2 is 1.93 bits per heavy atom. The van der Waals surface area contributed by atoms with Crippen molar-refractivity contribution < 1.29 is 17.9 Å². The average Bonchev–Trinajstić information content (AvgIpc) is 3.18. The standard InChI is InChI=1S/C20H30N2O4S/c1-5-26-13-19(23)22-11-16-10-21(27(24,25)14(2)3)12-18(16)20(22)17-9-7-6-8-15(17)4/h6-9,14,16,18,20H,5,10-13H2,1-4H3/t16-,18-,20+/m0/s1. The molecule has 0 saturated carbocycles. The van der Waals surface area contributed by atoms with Crippen LogP contribution in [0.4, 0.5) is 0 Å². The molecule has 0 radical (unpaired) electrons. The minimum absolute atomic E-state index is 0.0160. The Balaban J connectivity index is 1.91. The van der Waals surface area contributed by atoms with E-state index >= 15 is 0 Å². The summed E-state index contributed by atoms with van der Waals surface area (Å²) in [5, 5.41) is -0.427. The summed E-state index contributed by atoms with van der Waals surface area (Å²) in [6, 6.07) is 7.98. The number of sulfonamides is 1. The van der Waals surface area contributed by atoms with Gasteiger partial charge in [0.1, 0.15) is 6.61 Å². The lowest BCUT2D eigenvalue weighted by molar-refractivity contribution is -0.137. The molecule has 2 aliphatic heterocycles. The van der Waals surface area contributed by atoms with Gasteiger partial charge >= 0.3 is 0 Å². The minimum Gasteiger partial charge on any atom is -0.372 e. The predicted molar refractivity (Wildman–Crippen MR) is 105 cm³/mol. The van der Waals surface area contributed by atoms with Crippen LogP contribution >= 0.6 is 0 Å². The van der Waals surface area contributed by atoms with Gasteiger partial charge in [0.15, 0.2) is 0 Å². The van der Waals surface area contributed by atoms with Crippen molar-refractivity contribution >= 4 is 15.9 Å². The molecule has 0 unspecified atom stereocenters. The monoisotopic (exact) mass is 394 g/mol. The molecule has 6 nitrogen and oxygen atoms in total. The Morgan fingerprint density at radius 1 is 1.22 bits per heavy atom. The highest BCUT2D eigenvalue weighted by Crippen LogP contribution is 2.46. The highest BCUT2D eigenvalue weighted by Gasteiger charge is 2.51. The number of carbonyl (C=O) groups is 1. The summed E-state index contributed by atoms with van der Waals surface area (Å²) in [5.41, 5.74) is 2.24. The Labute approximate surface area is 162 Å². The molecule has 7 heteroatoms. The van der Waals surface area contributed by atoms with E-state index in [1.165, 1.54) is 0 Å². The van der Waals surface area contributed by atoms with Crippen LogP contribution in [0, 0.1) is 18.8 Å². The van der Waals surface area contributed by atoms with Crippen molar-refractivity contribution in [2.45, 2.75) is 39.0 Å². The zero-order valence-corrected chi connectivity index (χ0v) is 17.4. The SMILES string of the molecule is CCOCC(=O)N1C[C@@H]2CN(S(=O)(=O)C(C)C)C[C@@H]2[C@H]1c1ccccc1C. The number of carbonyl (C=O) groups excluding carboxylic acids is 1. The topological polar surface area (TPSA) is 66.9 Å².